The molecule has 0 spiro atoms. The van der Waals surface area contributed by atoms with E-state index in [1.54, 1.807) is 0 Å². The molecule has 0 atom stereocenters. The molecule has 0 unspecified atom stereocenters. The van der Waals surface area contributed by atoms with Crippen molar-refractivity contribution >= 4 is 23.4 Å². The molecule has 1 aliphatic rings. The maximum absolute atomic E-state index is 5.93. The summed E-state index contributed by atoms with van der Waals surface area (Å²) in [5.41, 5.74) is 5.80. The van der Waals surface area contributed by atoms with E-state index in [9.17, 15) is 0 Å². The lowest BCUT2D eigenvalue weighted by atomic mass is 9.84. The molecule has 1 aliphatic carbocycles. The molecule has 0 radical (unpaired) electrons. The van der Waals surface area contributed by atoms with Gasteiger partial charge in [0.2, 0.25) is 0 Å². The number of rotatable bonds is 3. The molecule has 3 heteroatoms. The molecule has 2 N–H and O–H groups in total. The highest BCUT2D eigenvalue weighted by Gasteiger charge is 2.36. The van der Waals surface area contributed by atoms with Crippen LogP contribution in [0.2, 0.25) is 5.02 Å². The molecular formula is C11H14ClNS. The molecule has 1 fully saturated rings. The number of benzene rings is 1. The highest BCUT2D eigenvalue weighted by atomic mass is 35.5. The summed E-state index contributed by atoms with van der Waals surface area (Å²) in [6, 6.07) is 8.02. The second kappa shape index (κ2) is 4.13. The molecule has 1 saturated carbocycles. The zero-order valence-corrected chi connectivity index (χ0v) is 9.57. The highest BCUT2D eigenvalue weighted by molar-refractivity contribution is 8.00. The molecule has 0 aromatic heterocycles. The van der Waals surface area contributed by atoms with E-state index in [2.05, 4.69) is 6.07 Å². The SMILES string of the molecule is NCC1(Sc2cccc(Cl)c2)CCC1. The van der Waals surface area contributed by atoms with Gasteiger partial charge in [-0.25, -0.2) is 0 Å². The van der Waals surface area contributed by atoms with Crippen molar-refractivity contribution in [1.82, 2.24) is 0 Å². The van der Waals surface area contributed by atoms with Crippen molar-refractivity contribution in [2.75, 3.05) is 6.54 Å². The van der Waals surface area contributed by atoms with Gasteiger partial charge >= 0.3 is 0 Å². The van der Waals surface area contributed by atoms with Crippen molar-refractivity contribution in [3.05, 3.63) is 29.3 Å². The topological polar surface area (TPSA) is 26.0 Å². The second-order valence-electron chi connectivity index (χ2n) is 3.80. The molecule has 76 valence electrons. The van der Waals surface area contributed by atoms with Crippen LogP contribution in [0.25, 0.3) is 0 Å². The second-order valence-corrected chi connectivity index (χ2v) is 5.78. The number of halogens is 1. The van der Waals surface area contributed by atoms with Crippen LogP contribution in [0.15, 0.2) is 29.2 Å². The Hall–Kier alpha value is -0.180. The van der Waals surface area contributed by atoms with Gasteiger partial charge in [0, 0.05) is 21.2 Å². The van der Waals surface area contributed by atoms with Gasteiger partial charge in [0.25, 0.3) is 0 Å². The third-order valence-corrected chi connectivity index (χ3v) is 4.50. The molecular weight excluding hydrogens is 214 g/mol. The summed E-state index contributed by atoms with van der Waals surface area (Å²) >= 11 is 7.82. The van der Waals surface area contributed by atoms with E-state index in [0.29, 0.717) is 4.75 Å². The predicted molar refractivity (Wildman–Crippen MR) is 62.9 cm³/mol. The van der Waals surface area contributed by atoms with Crippen molar-refractivity contribution < 1.29 is 0 Å². The Kier molecular flexibility index (Phi) is 3.05. The lowest BCUT2D eigenvalue weighted by Gasteiger charge is -2.40. The summed E-state index contributed by atoms with van der Waals surface area (Å²) < 4.78 is 0.296. The van der Waals surface area contributed by atoms with Crippen LogP contribution < -0.4 is 5.73 Å². The fraction of sp³-hybridized carbons (Fsp3) is 0.455. The molecule has 0 amide bonds. The van der Waals surface area contributed by atoms with Gasteiger partial charge in [0.15, 0.2) is 0 Å². The first-order valence-electron chi connectivity index (χ1n) is 4.89. The smallest absolute Gasteiger partial charge is 0.0417 e. The number of hydrogen-bond acceptors (Lipinski definition) is 2. The zero-order valence-electron chi connectivity index (χ0n) is 8.00. The third-order valence-electron chi connectivity index (χ3n) is 2.77. The minimum atomic E-state index is 0.296. The van der Waals surface area contributed by atoms with E-state index in [1.807, 2.05) is 30.0 Å². The minimum absolute atomic E-state index is 0.296. The summed E-state index contributed by atoms with van der Waals surface area (Å²) in [5, 5.41) is 0.807. The summed E-state index contributed by atoms with van der Waals surface area (Å²) in [5.74, 6) is 0. The lowest BCUT2D eigenvalue weighted by Crippen LogP contribution is -2.40. The van der Waals surface area contributed by atoms with Gasteiger partial charge in [-0.1, -0.05) is 24.1 Å². The fourth-order valence-corrected chi connectivity index (χ4v) is 3.36. The number of hydrogen-bond donors (Lipinski definition) is 1. The quantitative estimate of drug-likeness (QED) is 0.858. The predicted octanol–water partition coefficient (Wildman–Crippen LogP) is 3.31. The Bertz CT molecular complexity index is 317. The van der Waals surface area contributed by atoms with Gasteiger partial charge in [-0.3, -0.25) is 0 Å². The maximum Gasteiger partial charge on any atom is 0.0417 e. The van der Waals surface area contributed by atoms with Crippen LogP contribution in [-0.4, -0.2) is 11.3 Å². The van der Waals surface area contributed by atoms with Crippen LogP contribution in [0, 0.1) is 0 Å². The van der Waals surface area contributed by atoms with E-state index < -0.39 is 0 Å². The zero-order chi connectivity index (χ0) is 10.0. The van der Waals surface area contributed by atoms with E-state index in [4.69, 9.17) is 17.3 Å². The van der Waals surface area contributed by atoms with E-state index >= 15 is 0 Å². The summed E-state index contributed by atoms with van der Waals surface area (Å²) in [6.07, 6.45) is 3.78. The van der Waals surface area contributed by atoms with Crippen molar-refractivity contribution in [2.45, 2.75) is 28.9 Å². The summed E-state index contributed by atoms with van der Waals surface area (Å²) in [7, 11) is 0. The average molecular weight is 228 g/mol. The third kappa shape index (κ3) is 2.08. The van der Waals surface area contributed by atoms with Crippen LogP contribution in [0.1, 0.15) is 19.3 Å². The van der Waals surface area contributed by atoms with Gasteiger partial charge in [-0.15, -0.1) is 11.8 Å². The van der Waals surface area contributed by atoms with Gasteiger partial charge in [0.1, 0.15) is 0 Å². The lowest BCUT2D eigenvalue weighted by molar-refractivity contribution is 0.371. The fourth-order valence-electron chi connectivity index (χ4n) is 1.70. The standard InChI is InChI=1S/C11H14ClNS/c12-9-3-1-4-10(7-9)14-11(8-13)5-2-6-11/h1,3-4,7H,2,5-6,8,13H2. The monoisotopic (exact) mass is 227 g/mol. The molecule has 1 nitrogen and oxygen atoms in total. The normalized spacial score (nSPS) is 19.0. The average Bonchev–Trinajstić information content (AvgIpc) is 2.11. The first-order valence-corrected chi connectivity index (χ1v) is 6.08. The molecule has 14 heavy (non-hydrogen) atoms. The molecule has 0 heterocycles. The maximum atomic E-state index is 5.93. The first-order chi connectivity index (χ1) is 6.74. The van der Waals surface area contributed by atoms with E-state index in [0.717, 1.165) is 11.6 Å². The molecule has 0 saturated heterocycles. The van der Waals surface area contributed by atoms with Gasteiger partial charge in [0.05, 0.1) is 0 Å². The van der Waals surface area contributed by atoms with Crippen LogP contribution in [-0.2, 0) is 0 Å². The number of thioether (sulfide) groups is 1. The highest BCUT2D eigenvalue weighted by Crippen LogP contribution is 2.47. The minimum Gasteiger partial charge on any atom is -0.329 e. The Labute approximate surface area is 94.0 Å². The van der Waals surface area contributed by atoms with Gasteiger partial charge in [-0.05, 0) is 31.0 Å². The summed E-state index contributed by atoms with van der Waals surface area (Å²) in [6.45, 7) is 0.768. The molecule has 1 aromatic rings. The summed E-state index contributed by atoms with van der Waals surface area (Å²) in [4.78, 5) is 1.24. The van der Waals surface area contributed by atoms with Crippen LogP contribution >= 0.6 is 23.4 Å². The van der Waals surface area contributed by atoms with E-state index in [-0.39, 0.29) is 0 Å². The molecule has 2 rings (SSSR count). The largest absolute Gasteiger partial charge is 0.329 e. The first kappa shape index (κ1) is 10.3. The molecule has 1 aromatic carbocycles. The van der Waals surface area contributed by atoms with Crippen LogP contribution in [0.4, 0.5) is 0 Å². The Morgan fingerprint density at radius 3 is 2.71 bits per heavy atom. The van der Waals surface area contributed by atoms with Crippen LogP contribution in [0.5, 0.6) is 0 Å². The number of nitrogens with two attached hydrogens (primary N) is 1. The van der Waals surface area contributed by atoms with Crippen molar-refractivity contribution in [2.24, 2.45) is 5.73 Å². The van der Waals surface area contributed by atoms with Crippen molar-refractivity contribution in [1.29, 1.82) is 0 Å². The van der Waals surface area contributed by atoms with Gasteiger partial charge in [-0.2, -0.15) is 0 Å². The Morgan fingerprint density at radius 1 is 1.43 bits per heavy atom. The van der Waals surface area contributed by atoms with Crippen LogP contribution in [0.3, 0.4) is 0 Å². The van der Waals surface area contributed by atoms with Crippen molar-refractivity contribution in [3.8, 4) is 0 Å². The van der Waals surface area contributed by atoms with Gasteiger partial charge < -0.3 is 5.73 Å². The Balaban J connectivity index is 2.09. The Morgan fingerprint density at radius 2 is 2.21 bits per heavy atom. The molecule has 0 aliphatic heterocycles. The molecule has 0 bridgehead atoms. The van der Waals surface area contributed by atoms with E-state index in [1.165, 1.54) is 24.2 Å². The van der Waals surface area contributed by atoms with Crippen molar-refractivity contribution in [3.63, 3.8) is 0 Å².